The van der Waals surface area contributed by atoms with Gasteiger partial charge in [0, 0.05) is 47.4 Å². The molecule has 3 heterocycles. The first-order valence-electron chi connectivity index (χ1n) is 11.0. The molecule has 1 saturated heterocycles. The maximum Gasteiger partial charge on any atom is 0.340 e. The molecule has 7 nitrogen and oxygen atoms in total. The summed E-state index contributed by atoms with van der Waals surface area (Å²) in [6.45, 7) is 2.39. The Kier molecular flexibility index (Phi) is 5.43. The minimum Gasteiger partial charge on any atom is -0.550 e. The van der Waals surface area contributed by atoms with Gasteiger partial charge in [0.2, 0.25) is 5.91 Å². The van der Waals surface area contributed by atoms with E-state index in [0.29, 0.717) is 48.0 Å². The van der Waals surface area contributed by atoms with Gasteiger partial charge in [0.05, 0.1) is 18.2 Å². The van der Waals surface area contributed by atoms with Crippen LogP contribution in [-0.4, -0.2) is 29.9 Å². The van der Waals surface area contributed by atoms with E-state index in [1.807, 2.05) is 6.07 Å². The second kappa shape index (κ2) is 8.44. The van der Waals surface area contributed by atoms with Crippen molar-refractivity contribution in [3.63, 3.8) is 0 Å². The normalized spacial score (nSPS) is 14.7. The van der Waals surface area contributed by atoms with Gasteiger partial charge in [0.1, 0.15) is 17.0 Å². The lowest BCUT2D eigenvalue weighted by atomic mass is 9.96. The summed E-state index contributed by atoms with van der Waals surface area (Å²) in [7, 11) is 0. The Balaban J connectivity index is 1.49. The molecular formula is C26H21FNO6-. The van der Waals surface area contributed by atoms with Crippen molar-refractivity contribution in [3.8, 4) is 11.1 Å². The second-order valence-corrected chi connectivity index (χ2v) is 8.64. The van der Waals surface area contributed by atoms with Crippen molar-refractivity contribution >= 4 is 33.8 Å². The van der Waals surface area contributed by atoms with Crippen molar-refractivity contribution in [1.29, 1.82) is 0 Å². The van der Waals surface area contributed by atoms with Crippen LogP contribution in [-0.2, 0) is 16.0 Å². The molecule has 1 aliphatic heterocycles. The number of rotatable bonds is 4. The van der Waals surface area contributed by atoms with Gasteiger partial charge in [0.15, 0.2) is 0 Å². The molecule has 0 spiro atoms. The Morgan fingerprint density at radius 2 is 1.79 bits per heavy atom. The number of carboxylic acids is 1. The lowest BCUT2D eigenvalue weighted by Crippen LogP contribution is -2.44. The SMILES string of the molecule is Cc1c(CC(=O)N2CCC(C(=O)[O-])CC2)c(=O)oc2cc3occ(-c4ccc(F)cc4)c3cc12. The number of furan rings is 1. The fraction of sp³-hybridized carbons (Fsp3) is 0.269. The van der Waals surface area contributed by atoms with Gasteiger partial charge in [-0.15, -0.1) is 0 Å². The Labute approximate surface area is 193 Å². The van der Waals surface area contributed by atoms with Gasteiger partial charge in [0.25, 0.3) is 0 Å². The molecule has 0 unspecified atom stereocenters. The van der Waals surface area contributed by atoms with Crippen LogP contribution in [0.4, 0.5) is 4.39 Å². The van der Waals surface area contributed by atoms with Gasteiger partial charge in [-0.25, -0.2) is 9.18 Å². The summed E-state index contributed by atoms with van der Waals surface area (Å²) in [6, 6.07) is 9.57. The third-order valence-corrected chi connectivity index (χ3v) is 6.65. The highest BCUT2D eigenvalue weighted by molar-refractivity contribution is 6.02. The highest BCUT2D eigenvalue weighted by Crippen LogP contribution is 2.34. The number of aryl methyl sites for hydroxylation is 1. The monoisotopic (exact) mass is 462 g/mol. The van der Waals surface area contributed by atoms with Gasteiger partial charge in [-0.3, -0.25) is 4.79 Å². The maximum absolute atomic E-state index is 13.4. The number of hydrogen-bond donors (Lipinski definition) is 0. The van der Waals surface area contributed by atoms with Crippen molar-refractivity contribution in [2.24, 2.45) is 5.92 Å². The number of likely N-dealkylation sites (tertiary alicyclic amines) is 1. The zero-order valence-corrected chi connectivity index (χ0v) is 18.4. The number of halogens is 1. The van der Waals surface area contributed by atoms with Crippen molar-refractivity contribution in [3.05, 3.63) is 70.0 Å². The third-order valence-electron chi connectivity index (χ3n) is 6.65. The van der Waals surface area contributed by atoms with Crippen molar-refractivity contribution in [2.75, 3.05) is 13.1 Å². The fourth-order valence-electron chi connectivity index (χ4n) is 4.60. The lowest BCUT2D eigenvalue weighted by Gasteiger charge is -2.32. The van der Waals surface area contributed by atoms with Crippen LogP contribution >= 0.6 is 0 Å². The number of piperidine rings is 1. The van der Waals surface area contributed by atoms with E-state index < -0.39 is 17.5 Å². The molecule has 0 radical (unpaired) electrons. The predicted octanol–water partition coefficient (Wildman–Crippen LogP) is 3.18. The molecule has 1 amide bonds. The number of amides is 1. The molecule has 0 bridgehead atoms. The van der Waals surface area contributed by atoms with E-state index in [1.165, 1.54) is 12.1 Å². The van der Waals surface area contributed by atoms with E-state index in [0.717, 1.165) is 16.5 Å². The summed E-state index contributed by atoms with van der Waals surface area (Å²) >= 11 is 0. The first-order chi connectivity index (χ1) is 16.3. The third kappa shape index (κ3) is 3.85. The van der Waals surface area contributed by atoms with E-state index in [9.17, 15) is 23.9 Å². The molecule has 4 aromatic rings. The summed E-state index contributed by atoms with van der Waals surface area (Å²) in [4.78, 5) is 38.2. The molecule has 1 fully saturated rings. The van der Waals surface area contributed by atoms with Gasteiger partial charge >= 0.3 is 5.63 Å². The average molecular weight is 462 g/mol. The molecule has 0 N–H and O–H groups in total. The van der Waals surface area contributed by atoms with Gasteiger partial charge < -0.3 is 23.6 Å². The molecule has 0 saturated carbocycles. The molecule has 174 valence electrons. The van der Waals surface area contributed by atoms with Gasteiger partial charge in [-0.05, 0) is 49.1 Å². The standard InChI is InChI=1S/C26H22FNO6/c1-14-18-10-20-21(15-2-4-17(27)5-3-15)13-33-22(20)12-23(18)34-26(32)19(14)11-24(29)28-8-6-16(7-9-28)25(30)31/h2-5,10,12-13,16H,6-9,11H2,1H3,(H,30,31)/p-1. The molecule has 5 rings (SSSR count). The summed E-state index contributed by atoms with van der Waals surface area (Å²) < 4.78 is 24.5. The fourth-order valence-corrected chi connectivity index (χ4v) is 4.60. The van der Waals surface area contributed by atoms with Crippen molar-refractivity contribution in [1.82, 2.24) is 4.90 Å². The smallest absolute Gasteiger partial charge is 0.340 e. The number of benzene rings is 2. The second-order valence-electron chi connectivity index (χ2n) is 8.64. The lowest BCUT2D eigenvalue weighted by molar-refractivity contribution is -0.312. The van der Waals surface area contributed by atoms with Crippen LogP contribution in [0.1, 0.15) is 24.0 Å². The number of hydrogen-bond acceptors (Lipinski definition) is 6. The summed E-state index contributed by atoms with van der Waals surface area (Å²) in [5.41, 5.74) is 2.74. The molecule has 0 atom stereocenters. The highest BCUT2D eigenvalue weighted by Gasteiger charge is 2.25. The maximum atomic E-state index is 13.4. The van der Waals surface area contributed by atoms with Crippen LogP contribution in [0, 0.1) is 18.7 Å². The van der Waals surface area contributed by atoms with E-state index in [1.54, 1.807) is 36.3 Å². The van der Waals surface area contributed by atoms with Crippen molar-refractivity contribution < 1.29 is 27.9 Å². The average Bonchev–Trinajstić information content (AvgIpc) is 3.24. The zero-order chi connectivity index (χ0) is 24.0. The summed E-state index contributed by atoms with van der Waals surface area (Å²) in [6.07, 6.45) is 2.12. The Morgan fingerprint density at radius 1 is 1.09 bits per heavy atom. The zero-order valence-electron chi connectivity index (χ0n) is 18.4. The highest BCUT2D eigenvalue weighted by atomic mass is 19.1. The summed E-state index contributed by atoms with van der Waals surface area (Å²) in [5, 5.41) is 12.5. The molecule has 1 aliphatic rings. The number of aliphatic carboxylic acids is 1. The first-order valence-corrected chi connectivity index (χ1v) is 11.0. The molecule has 34 heavy (non-hydrogen) atoms. The van der Waals surface area contributed by atoms with E-state index in [2.05, 4.69) is 0 Å². The molecule has 2 aromatic carbocycles. The largest absolute Gasteiger partial charge is 0.550 e. The first kappa shape index (κ1) is 21.9. The van der Waals surface area contributed by atoms with Crippen molar-refractivity contribution in [2.45, 2.75) is 26.2 Å². The number of carbonyl (C=O) groups is 2. The van der Waals surface area contributed by atoms with E-state index in [4.69, 9.17) is 8.83 Å². The van der Waals surface area contributed by atoms with Crippen LogP contribution in [0.2, 0.25) is 0 Å². The number of carboxylic acid groups (broad SMARTS) is 1. The quantitative estimate of drug-likeness (QED) is 0.432. The predicted molar refractivity (Wildman–Crippen MR) is 120 cm³/mol. The Bertz CT molecular complexity index is 1480. The number of nitrogens with zero attached hydrogens (tertiary/aromatic N) is 1. The molecule has 2 aromatic heterocycles. The minimum atomic E-state index is -1.09. The van der Waals surface area contributed by atoms with Crippen LogP contribution in [0.3, 0.4) is 0 Å². The molecule has 8 heteroatoms. The van der Waals surface area contributed by atoms with Crippen LogP contribution in [0.15, 0.2) is 56.3 Å². The summed E-state index contributed by atoms with van der Waals surface area (Å²) in [5.74, 6) is -2.23. The Hall–Kier alpha value is -3.94. The van der Waals surface area contributed by atoms with Crippen LogP contribution in [0.5, 0.6) is 0 Å². The molecular weight excluding hydrogens is 441 g/mol. The minimum absolute atomic E-state index is 0.131. The van der Waals surface area contributed by atoms with Gasteiger partial charge in [-0.1, -0.05) is 12.1 Å². The topological polar surface area (TPSA) is 104 Å². The van der Waals surface area contributed by atoms with Crippen LogP contribution in [0.25, 0.3) is 33.1 Å². The number of carbonyl (C=O) groups excluding carboxylic acids is 2. The number of fused-ring (bicyclic) bond motifs is 2. The van der Waals surface area contributed by atoms with Crippen LogP contribution < -0.4 is 10.7 Å². The van der Waals surface area contributed by atoms with E-state index >= 15 is 0 Å². The molecule has 0 aliphatic carbocycles. The van der Waals surface area contributed by atoms with Gasteiger partial charge in [-0.2, -0.15) is 0 Å². The Morgan fingerprint density at radius 3 is 2.47 bits per heavy atom. The van der Waals surface area contributed by atoms with E-state index in [-0.39, 0.29) is 23.7 Å².